The van der Waals surface area contributed by atoms with Crippen LogP contribution in [0.4, 0.5) is 10.1 Å². The van der Waals surface area contributed by atoms with E-state index in [0.29, 0.717) is 12.2 Å². The molecule has 1 aliphatic heterocycles. The topological polar surface area (TPSA) is 52.6 Å². The average molecular weight is 342 g/mol. The third kappa shape index (κ3) is 2.94. The fraction of sp³-hybridized carbons (Fsp3) is 0.350. The summed E-state index contributed by atoms with van der Waals surface area (Å²) in [5.41, 5.74) is 1.34. The summed E-state index contributed by atoms with van der Waals surface area (Å²) in [5.74, 6) is -0.540. The maximum absolute atomic E-state index is 13.9. The van der Waals surface area contributed by atoms with Crippen LogP contribution in [-0.4, -0.2) is 30.7 Å². The number of carbonyl (C=O) groups is 1. The van der Waals surface area contributed by atoms with Gasteiger partial charge in [0, 0.05) is 6.54 Å². The van der Waals surface area contributed by atoms with Crippen molar-refractivity contribution in [2.75, 3.05) is 18.5 Å². The Bertz CT molecular complexity index is 777. The number of rotatable bonds is 5. The molecule has 132 valence electrons. The number of fused-ring (bicyclic) bond motifs is 1. The van der Waals surface area contributed by atoms with E-state index in [9.17, 15) is 14.3 Å². The number of carbonyl (C=O) groups excluding carboxylic acids is 1. The molecule has 0 aromatic heterocycles. The summed E-state index contributed by atoms with van der Waals surface area (Å²) in [6.07, 6.45) is -0.832. The molecule has 1 amide bonds. The minimum atomic E-state index is -0.832. The lowest BCUT2D eigenvalue weighted by molar-refractivity contribution is -0.123. The van der Waals surface area contributed by atoms with Gasteiger partial charge in [-0.1, -0.05) is 36.4 Å². The smallest absolute Gasteiger partial charge is 0.237 e. The lowest BCUT2D eigenvalue weighted by Crippen LogP contribution is -2.45. The normalized spacial score (nSPS) is 18.1. The Morgan fingerprint density at radius 1 is 1.20 bits per heavy atom. The molecule has 0 radical (unpaired) electrons. The van der Waals surface area contributed by atoms with Crippen molar-refractivity contribution >= 4 is 11.6 Å². The van der Waals surface area contributed by atoms with E-state index in [1.807, 2.05) is 44.2 Å². The van der Waals surface area contributed by atoms with Gasteiger partial charge in [0.05, 0.1) is 23.2 Å². The van der Waals surface area contributed by atoms with E-state index in [-0.39, 0.29) is 5.91 Å². The molecule has 1 heterocycles. The Morgan fingerprint density at radius 3 is 2.52 bits per heavy atom. The van der Waals surface area contributed by atoms with Crippen LogP contribution >= 0.6 is 0 Å². The quantitative estimate of drug-likeness (QED) is 0.878. The molecule has 0 bridgehead atoms. The van der Waals surface area contributed by atoms with Gasteiger partial charge in [0.25, 0.3) is 0 Å². The molecule has 2 N–H and O–H groups in total. The van der Waals surface area contributed by atoms with Crippen LogP contribution in [0.15, 0.2) is 48.5 Å². The van der Waals surface area contributed by atoms with Gasteiger partial charge < -0.3 is 15.3 Å². The fourth-order valence-electron chi connectivity index (χ4n) is 3.55. The average Bonchev–Trinajstić information content (AvgIpc) is 2.77. The molecule has 25 heavy (non-hydrogen) atoms. The van der Waals surface area contributed by atoms with Gasteiger partial charge in [-0.2, -0.15) is 0 Å². The predicted octanol–water partition coefficient (Wildman–Crippen LogP) is 2.77. The first-order chi connectivity index (χ1) is 11.9. The SMILES string of the molecule is CNC[C@@H](O)[C@H](c1ccccc1)N1C(=O)C(C)(C)c2ccc(F)cc21. The zero-order chi connectivity index (χ0) is 18.2. The van der Waals surface area contributed by atoms with Crippen molar-refractivity contribution in [1.29, 1.82) is 0 Å². The van der Waals surface area contributed by atoms with Gasteiger partial charge >= 0.3 is 0 Å². The number of likely N-dealkylation sites (N-methyl/N-ethyl adjacent to an activating group) is 1. The van der Waals surface area contributed by atoms with Crippen LogP contribution in [0.1, 0.15) is 31.0 Å². The zero-order valence-electron chi connectivity index (χ0n) is 14.7. The number of benzene rings is 2. The lowest BCUT2D eigenvalue weighted by Gasteiger charge is -2.33. The molecule has 2 atom stereocenters. The highest BCUT2D eigenvalue weighted by Crippen LogP contribution is 2.46. The summed E-state index contributed by atoms with van der Waals surface area (Å²) >= 11 is 0. The highest BCUT2D eigenvalue weighted by Gasteiger charge is 2.48. The number of nitrogens with one attached hydrogen (secondary N) is 1. The summed E-state index contributed by atoms with van der Waals surface area (Å²) in [7, 11) is 1.74. The lowest BCUT2D eigenvalue weighted by atomic mass is 9.86. The Balaban J connectivity index is 2.16. The first-order valence-corrected chi connectivity index (χ1v) is 8.39. The van der Waals surface area contributed by atoms with Crippen LogP contribution in [-0.2, 0) is 10.2 Å². The third-order valence-electron chi connectivity index (χ3n) is 4.84. The van der Waals surface area contributed by atoms with Crippen molar-refractivity contribution in [3.8, 4) is 0 Å². The number of nitrogens with zero attached hydrogens (tertiary/aromatic N) is 1. The Kier molecular flexibility index (Phi) is 4.62. The van der Waals surface area contributed by atoms with E-state index in [0.717, 1.165) is 11.1 Å². The molecular formula is C20H23FN2O2. The molecule has 3 rings (SSSR count). The fourth-order valence-corrected chi connectivity index (χ4v) is 3.55. The molecule has 5 heteroatoms. The predicted molar refractivity (Wildman–Crippen MR) is 96.0 cm³/mol. The van der Waals surface area contributed by atoms with Crippen molar-refractivity contribution in [2.24, 2.45) is 0 Å². The number of aliphatic hydroxyl groups excluding tert-OH is 1. The van der Waals surface area contributed by atoms with Crippen LogP contribution in [0.3, 0.4) is 0 Å². The van der Waals surface area contributed by atoms with Crippen LogP contribution in [0.2, 0.25) is 0 Å². The van der Waals surface area contributed by atoms with Gasteiger partial charge in [0.2, 0.25) is 5.91 Å². The van der Waals surface area contributed by atoms with Crippen LogP contribution < -0.4 is 10.2 Å². The minimum Gasteiger partial charge on any atom is -0.389 e. The van der Waals surface area contributed by atoms with Crippen molar-refractivity contribution in [3.63, 3.8) is 0 Å². The number of halogens is 1. The van der Waals surface area contributed by atoms with Crippen molar-refractivity contribution in [3.05, 3.63) is 65.5 Å². The number of hydrogen-bond donors (Lipinski definition) is 2. The maximum Gasteiger partial charge on any atom is 0.237 e. The van der Waals surface area contributed by atoms with E-state index in [1.54, 1.807) is 18.0 Å². The van der Waals surface area contributed by atoms with E-state index in [2.05, 4.69) is 5.32 Å². The second kappa shape index (κ2) is 6.58. The summed E-state index contributed by atoms with van der Waals surface area (Å²) in [4.78, 5) is 14.7. The van der Waals surface area contributed by atoms with Gasteiger partial charge in [-0.05, 0) is 44.2 Å². The highest BCUT2D eigenvalue weighted by molar-refractivity contribution is 6.08. The minimum absolute atomic E-state index is 0.142. The van der Waals surface area contributed by atoms with E-state index >= 15 is 0 Å². The monoisotopic (exact) mass is 342 g/mol. The van der Waals surface area contributed by atoms with E-state index in [1.165, 1.54) is 12.1 Å². The standard InChI is InChI=1S/C20H23FN2O2/c1-20(2)15-10-9-14(21)11-16(15)23(19(20)25)18(17(24)12-22-3)13-7-5-4-6-8-13/h4-11,17-18,22,24H,12H2,1-3H3/t17-,18+/m1/s1. The van der Waals surface area contributed by atoms with Gasteiger partial charge in [-0.25, -0.2) is 4.39 Å². The second-order valence-corrected chi connectivity index (χ2v) is 6.94. The molecule has 0 unspecified atom stereocenters. The van der Waals surface area contributed by atoms with Gasteiger partial charge in [-0.3, -0.25) is 4.79 Å². The van der Waals surface area contributed by atoms with Crippen LogP contribution in [0, 0.1) is 5.82 Å². The van der Waals surface area contributed by atoms with E-state index < -0.39 is 23.4 Å². The number of hydrogen-bond acceptors (Lipinski definition) is 3. The maximum atomic E-state index is 13.9. The van der Waals surface area contributed by atoms with E-state index in [4.69, 9.17) is 0 Å². The Morgan fingerprint density at radius 2 is 1.88 bits per heavy atom. The largest absolute Gasteiger partial charge is 0.389 e. The summed E-state index contributed by atoms with van der Waals surface area (Å²) in [6, 6.07) is 13.2. The molecule has 0 spiro atoms. The van der Waals surface area contributed by atoms with Gasteiger partial charge in [-0.15, -0.1) is 0 Å². The molecule has 0 aliphatic carbocycles. The first-order valence-electron chi connectivity index (χ1n) is 8.39. The molecule has 0 saturated carbocycles. The molecule has 2 aromatic rings. The molecule has 1 aliphatic rings. The molecule has 0 fully saturated rings. The number of aliphatic hydroxyl groups is 1. The van der Waals surface area contributed by atoms with Gasteiger partial charge in [0.1, 0.15) is 5.82 Å². The van der Waals surface area contributed by atoms with Crippen molar-refractivity contribution in [2.45, 2.75) is 31.4 Å². The highest BCUT2D eigenvalue weighted by atomic mass is 19.1. The summed E-state index contributed by atoms with van der Waals surface area (Å²) in [6.45, 7) is 3.98. The Labute approximate surface area is 147 Å². The summed E-state index contributed by atoms with van der Waals surface area (Å²) < 4.78 is 13.9. The number of amides is 1. The number of anilines is 1. The molecular weight excluding hydrogens is 319 g/mol. The van der Waals surface area contributed by atoms with Crippen LogP contribution in [0.25, 0.3) is 0 Å². The summed E-state index contributed by atoms with van der Waals surface area (Å²) in [5, 5.41) is 13.7. The first kappa shape index (κ1) is 17.6. The molecule has 0 saturated heterocycles. The molecule has 2 aromatic carbocycles. The Hall–Kier alpha value is -2.24. The van der Waals surface area contributed by atoms with Crippen LogP contribution in [0.5, 0.6) is 0 Å². The zero-order valence-corrected chi connectivity index (χ0v) is 14.7. The van der Waals surface area contributed by atoms with Crippen molar-refractivity contribution < 1.29 is 14.3 Å². The second-order valence-electron chi connectivity index (χ2n) is 6.94. The van der Waals surface area contributed by atoms with Crippen molar-refractivity contribution in [1.82, 2.24) is 5.32 Å². The van der Waals surface area contributed by atoms with Gasteiger partial charge in [0.15, 0.2) is 0 Å². The molecule has 4 nitrogen and oxygen atoms in total. The third-order valence-corrected chi connectivity index (χ3v) is 4.84.